The van der Waals surface area contributed by atoms with Crippen molar-refractivity contribution in [2.45, 2.75) is 12.2 Å². The maximum Gasteiger partial charge on any atom is 0.219 e. The molecule has 1 fully saturated rings. The number of nitrogens with zero attached hydrogens (tertiary/aromatic N) is 1. The molecule has 1 atom stereocenters. The van der Waals surface area contributed by atoms with E-state index in [9.17, 15) is 13.2 Å². The van der Waals surface area contributed by atoms with E-state index >= 15 is 0 Å². The molecule has 14 heavy (non-hydrogen) atoms. The predicted octanol–water partition coefficient (Wildman–Crippen LogP) is -1.15. The number of hydrogen-bond donors (Lipinski definition) is 1. The Labute approximate surface area is 84.4 Å². The van der Waals surface area contributed by atoms with Crippen LogP contribution in [0.3, 0.4) is 0 Å². The van der Waals surface area contributed by atoms with Crippen LogP contribution in [0, 0.1) is 0 Å². The number of amides is 1. The van der Waals surface area contributed by atoms with Crippen LogP contribution in [0.4, 0.5) is 0 Å². The molecule has 0 spiro atoms. The van der Waals surface area contributed by atoms with E-state index in [1.165, 1.54) is 11.8 Å². The van der Waals surface area contributed by atoms with E-state index in [1.807, 2.05) is 0 Å². The van der Waals surface area contributed by atoms with Crippen molar-refractivity contribution in [2.24, 2.45) is 0 Å². The Morgan fingerprint density at radius 1 is 1.57 bits per heavy atom. The van der Waals surface area contributed by atoms with Crippen LogP contribution in [0.25, 0.3) is 0 Å². The Morgan fingerprint density at radius 3 is 2.71 bits per heavy atom. The van der Waals surface area contributed by atoms with Crippen LogP contribution in [-0.2, 0) is 14.6 Å². The molecule has 1 aliphatic heterocycles. The number of carbonyl (C=O) groups is 1. The summed E-state index contributed by atoms with van der Waals surface area (Å²) in [5.74, 6) is 0.0643. The van der Waals surface area contributed by atoms with Crippen molar-refractivity contribution in [3.8, 4) is 0 Å². The molecule has 0 bridgehead atoms. The third-order valence-electron chi connectivity index (χ3n) is 2.46. The highest BCUT2D eigenvalue weighted by atomic mass is 32.2. The molecule has 0 aromatic heterocycles. The van der Waals surface area contributed by atoms with Crippen LogP contribution in [0.15, 0.2) is 0 Å². The summed E-state index contributed by atoms with van der Waals surface area (Å²) in [6.45, 7) is 2.68. The zero-order chi connectivity index (χ0) is 10.8. The van der Waals surface area contributed by atoms with Crippen molar-refractivity contribution in [1.82, 2.24) is 10.2 Å². The van der Waals surface area contributed by atoms with Gasteiger partial charge in [0.05, 0.1) is 11.0 Å². The van der Waals surface area contributed by atoms with Gasteiger partial charge >= 0.3 is 0 Å². The maximum atomic E-state index is 11.6. The highest BCUT2D eigenvalue weighted by Gasteiger charge is 2.29. The number of hydrogen-bond acceptors (Lipinski definition) is 4. The summed E-state index contributed by atoms with van der Waals surface area (Å²) in [6.07, 6.45) is 0. The van der Waals surface area contributed by atoms with Crippen molar-refractivity contribution < 1.29 is 13.2 Å². The van der Waals surface area contributed by atoms with Gasteiger partial charge in [-0.1, -0.05) is 0 Å². The first kappa shape index (κ1) is 11.5. The average molecular weight is 220 g/mol. The number of nitrogens with one attached hydrogen (secondary N) is 1. The highest BCUT2D eigenvalue weighted by Crippen LogP contribution is 2.07. The normalized spacial score (nSPS) is 25.7. The van der Waals surface area contributed by atoms with E-state index in [0.29, 0.717) is 13.1 Å². The van der Waals surface area contributed by atoms with Crippen molar-refractivity contribution in [3.63, 3.8) is 0 Å². The largest absolute Gasteiger partial charge is 0.345 e. The molecule has 1 unspecified atom stereocenters. The van der Waals surface area contributed by atoms with E-state index in [0.717, 1.165) is 0 Å². The van der Waals surface area contributed by atoms with Gasteiger partial charge in [0, 0.05) is 33.6 Å². The molecule has 1 saturated heterocycles. The fourth-order valence-electron chi connectivity index (χ4n) is 1.38. The summed E-state index contributed by atoms with van der Waals surface area (Å²) in [5, 5.41) is 2.56. The van der Waals surface area contributed by atoms with Gasteiger partial charge in [-0.2, -0.15) is 0 Å². The Kier molecular flexibility index (Phi) is 3.49. The van der Waals surface area contributed by atoms with Gasteiger partial charge in [-0.05, 0) is 0 Å². The Bertz CT molecular complexity index is 313. The first-order valence-electron chi connectivity index (χ1n) is 4.57. The summed E-state index contributed by atoms with van der Waals surface area (Å²) < 4.78 is 23.1. The molecule has 0 aliphatic carbocycles. The zero-order valence-corrected chi connectivity index (χ0v) is 9.30. The van der Waals surface area contributed by atoms with Gasteiger partial charge < -0.3 is 10.2 Å². The SMILES string of the molecule is CC(=O)N(C)CC1CNCCS1(=O)=O. The molecule has 5 nitrogen and oxygen atoms in total. The Hall–Kier alpha value is -0.620. The quantitative estimate of drug-likeness (QED) is 0.638. The van der Waals surface area contributed by atoms with Gasteiger partial charge in [0.1, 0.15) is 0 Å². The van der Waals surface area contributed by atoms with Crippen molar-refractivity contribution >= 4 is 15.7 Å². The minimum atomic E-state index is -3.01. The molecule has 1 aliphatic rings. The number of carbonyl (C=O) groups excluding carboxylic acids is 1. The highest BCUT2D eigenvalue weighted by molar-refractivity contribution is 7.92. The van der Waals surface area contributed by atoms with Crippen molar-refractivity contribution in [2.75, 3.05) is 32.4 Å². The molecular weight excluding hydrogens is 204 g/mol. The molecule has 82 valence electrons. The van der Waals surface area contributed by atoms with Gasteiger partial charge in [0.15, 0.2) is 9.84 Å². The molecule has 1 amide bonds. The van der Waals surface area contributed by atoms with Gasteiger partial charge in [-0.15, -0.1) is 0 Å². The minimum Gasteiger partial charge on any atom is -0.345 e. The topological polar surface area (TPSA) is 66.5 Å². The van der Waals surface area contributed by atoms with Gasteiger partial charge in [0.2, 0.25) is 5.91 Å². The standard InChI is InChI=1S/C8H16N2O3S/c1-7(11)10(2)6-8-5-9-3-4-14(8,12)13/h8-9H,3-6H2,1-2H3. The summed E-state index contributed by atoms with van der Waals surface area (Å²) in [6, 6.07) is 0. The van der Waals surface area contributed by atoms with Crippen molar-refractivity contribution in [1.29, 1.82) is 0 Å². The van der Waals surface area contributed by atoms with E-state index < -0.39 is 15.1 Å². The van der Waals surface area contributed by atoms with Gasteiger partial charge in [0.25, 0.3) is 0 Å². The van der Waals surface area contributed by atoms with Gasteiger partial charge in [-0.3, -0.25) is 4.79 Å². The third-order valence-corrected chi connectivity index (χ3v) is 4.56. The molecule has 1 rings (SSSR count). The molecule has 6 heteroatoms. The summed E-state index contributed by atoms with van der Waals surface area (Å²) in [7, 11) is -1.39. The predicted molar refractivity (Wildman–Crippen MR) is 53.8 cm³/mol. The third kappa shape index (κ3) is 2.68. The first-order chi connectivity index (χ1) is 6.43. The van der Waals surface area contributed by atoms with E-state index in [1.54, 1.807) is 7.05 Å². The van der Waals surface area contributed by atoms with Crippen molar-refractivity contribution in [3.05, 3.63) is 0 Å². The smallest absolute Gasteiger partial charge is 0.219 e. The average Bonchev–Trinajstić information content (AvgIpc) is 2.08. The van der Waals surface area contributed by atoms with Crippen LogP contribution in [0.2, 0.25) is 0 Å². The van der Waals surface area contributed by atoms with Crippen LogP contribution in [0.5, 0.6) is 0 Å². The molecule has 0 aromatic rings. The first-order valence-corrected chi connectivity index (χ1v) is 6.29. The minimum absolute atomic E-state index is 0.106. The van der Waals surface area contributed by atoms with E-state index in [2.05, 4.69) is 5.32 Å². The van der Waals surface area contributed by atoms with Crippen LogP contribution < -0.4 is 5.32 Å². The van der Waals surface area contributed by atoms with Crippen LogP contribution >= 0.6 is 0 Å². The molecular formula is C8H16N2O3S. The second-order valence-corrected chi connectivity index (χ2v) is 5.99. The maximum absolute atomic E-state index is 11.6. The van der Waals surface area contributed by atoms with Crippen LogP contribution in [-0.4, -0.2) is 56.9 Å². The summed E-state index contributed by atoms with van der Waals surface area (Å²) in [5.41, 5.74) is 0. The molecule has 1 N–H and O–H groups in total. The fraction of sp³-hybridized carbons (Fsp3) is 0.875. The monoisotopic (exact) mass is 220 g/mol. The lowest BCUT2D eigenvalue weighted by Crippen LogP contribution is -2.49. The second-order valence-electron chi connectivity index (χ2n) is 3.59. The molecule has 0 saturated carbocycles. The zero-order valence-electron chi connectivity index (χ0n) is 8.49. The summed E-state index contributed by atoms with van der Waals surface area (Å²) in [4.78, 5) is 12.4. The van der Waals surface area contributed by atoms with Gasteiger partial charge in [-0.25, -0.2) is 8.42 Å². The lowest BCUT2D eigenvalue weighted by atomic mass is 10.3. The fourth-order valence-corrected chi connectivity index (χ4v) is 2.97. The van der Waals surface area contributed by atoms with Crippen LogP contribution in [0.1, 0.15) is 6.92 Å². The number of rotatable bonds is 2. The molecule has 0 aromatic carbocycles. The number of sulfone groups is 1. The Balaban J connectivity index is 2.63. The second kappa shape index (κ2) is 4.27. The lowest BCUT2D eigenvalue weighted by Gasteiger charge is -2.27. The van der Waals surface area contributed by atoms with E-state index in [-0.39, 0.29) is 18.2 Å². The molecule has 1 heterocycles. The summed E-state index contributed by atoms with van der Waals surface area (Å²) >= 11 is 0. The Morgan fingerprint density at radius 2 is 2.21 bits per heavy atom. The molecule has 0 radical (unpaired) electrons. The lowest BCUT2D eigenvalue weighted by molar-refractivity contribution is -0.127. The van der Waals surface area contributed by atoms with E-state index in [4.69, 9.17) is 0 Å².